The Bertz CT molecular complexity index is 410. The molecule has 0 bridgehead atoms. The third kappa shape index (κ3) is 1.60. The van der Waals surface area contributed by atoms with E-state index in [9.17, 15) is 5.26 Å². The first-order chi connectivity index (χ1) is 6.92. The lowest BCUT2D eigenvalue weighted by atomic mass is 10.1. The van der Waals surface area contributed by atoms with E-state index in [0.717, 1.165) is 11.1 Å². The molecule has 0 unspecified atom stereocenters. The second-order valence-corrected chi connectivity index (χ2v) is 2.95. The van der Waals surface area contributed by atoms with E-state index in [1.54, 1.807) is 12.1 Å². The Labute approximate surface area is 82.3 Å². The zero-order valence-corrected chi connectivity index (χ0v) is 7.51. The maximum absolute atomic E-state index is 10.4. The van der Waals surface area contributed by atoms with Crippen LogP contribution in [0.25, 0.3) is 11.1 Å². The average Bonchev–Trinajstić information content (AvgIpc) is 2.30. The van der Waals surface area contributed by atoms with Gasteiger partial charge in [-0.2, -0.15) is 0 Å². The summed E-state index contributed by atoms with van der Waals surface area (Å²) in [4.78, 5) is 4.05. The predicted octanol–water partition coefficient (Wildman–Crippen LogP) is 3.08. The van der Waals surface area contributed by atoms with Crippen LogP contribution in [-0.2, 0) is 5.26 Å². The van der Waals surface area contributed by atoms with Gasteiger partial charge >= 0.3 is 0 Å². The van der Waals surface area contributed by atoms with Crippen LogP contribution in [-0.4, -0.2) is 0 Å². The quantitative estimate of drug-likeness (QED) is 0.522. The summed E-state index contributed by atoms with van der Waals surface area (Å²) >= 11 is 0. The lowest BCUT2D eigenvalue weighted by Crippen LogP contribution is -1.85. The van der Waals surface area contributed by atoms with Gasteiger partial charge in [-0.15, -0.1) is 0 Å². The maximum atomic E-state index is 10.4. The van der Waals surface area contributed by atoms with Crippen LogP contribution in [0.3, 0.4) is 0 Å². The van der Waals surface area contributed by atoms with E-state index in [-0.39, 0.29) is 0 Å². The molecule has 0 aliphatic carbocycles. The molecule has 0 amide bonds. The molecule has 0 aromatic heterocycles. The summed E-state index contributed by atoms with van der Waals surface area (Å²) in [7, 11) is 0. The van der Waals surface area contributed by atoms with Gasteiger partial charge in [-0.25, -0.2) is 0 Å². The first-order valence-corrected chi connectivity index (χ1v) is 4.36. The van der Waals surface area contributed by atoms with Crippen molar-refractivity contribution in [2.45, 2.75) is 0 Å². The Kier molecular flexibility index (Phi) is 2.47. The summed E-state index contributed by atoms with van der Waals surface area (Å²) in [5.74, 6) is 0.360. The zero-order chi connectivity index (χ0) is 9.80. The molecule has 2 heteroatoms. The highest BCUT2D eigenvalue weighted by Gasteiger charge is 2.04. The number of benzene rings is 2. The minimum absolute atomic E-state index is 0.360. The lowest BCUT2D eigenvalue weighted by Gasteiger charge is -2.04. The van der Waals surface area contributed by atoms with Crippen molar-refractivity contribution in [2.75, 3.05) is 0 Å². The van der Waals surface area contributed by atoms with Crippen molar-refractivity contribution >= 4 is 0 Å². The van der Waals surface area contributed by atoms with Crippen molar-refractivity contribution in [1.82, 2.24) is 0 Å². The van der Waals surface area contributed by atoms with E-state index >= 15 is 0 Å². The third-order valence-electron chi connectivity index (χ3n) is 2.06. The summed E-state index contributed by atoms with van der Waals surface area (Å²) in [5, 5.41) is 10.4. The third-order valence-corrected chi connectivity index (χ3v) is 2.06. The van der Waals surface area contributed by atoms with Gasteiger partial charge in [-0.1, -0.05) is 48.5 Å². The number of hydrogen-bond acceptors (Lipinski definition) is 1. The van der Waals surface area contributed by atoms with Crippen molar-refractivity contribution < 1.29 is 10.1 Å². The number of hydrogen-bond donors (Lipinski definition) is 0. The molecule has 2 aromatic rings. The van der Waals surface area contributed by atoms with E-state index in [2.05, 4.69) is 4.89 Å². The molecule has 0 aliphatic heterocycles. The van der Waals surface area contributed by atoms with Gasteiger partial charge in [-0.05, 0) is 11.6 Å². The van der Waals surface area contributed by atoms with Crippen molar-refractivity contribution in [3.05, 3.63) is 54.6 Å². The first kappa shape index (κ1) is 8.78. The molecule has 0 aliphatic rings. The zero-order valence-electron chi connectivity index (χ0n) is 7.51. The molecule has 69 valence electrons. The fourth-order valence-electron chi connectivity index (χ4n) is 1.40. The first-order valence-electron chi connectivity index (χ1n) is 4.36. The second kappa shape index (κ2) is 3.94. The molecule has 2 nitrogen and oxygen atoms in total. The van der Waals surface area contributed by atoms with Gasteiger partial charge in [0.05, 0.1) is 0 Å². The topological polar surface area (TPSA) is 29.1 Å². The highest BCUT2D eigenvalue weighted by molar-refractivity contribution is 5.69. The van der Waals surface area contributed by atoms with Crippen molar-refractivity contribution in [2.24, 2.45) is 0 Å². The molecule has 0 N–H and O–H groups in total. The predicted molar refractivity (Wildman–Crippen MR) is 53.2 cm³/mol. The fraction of sp³-hybridized carbons (Fsp3) is 0. The van der Waals surface area contributed by atoms with Gasteiger partial charge < -0.3 is 4.89 Å². The molecule has 0 atom stereocenters. The lowest BCUT2D eigenvalue weighted by molar-refractivity contribution is -0.208. The molecule has 14 heavy (non-hydrogen) atoms. The molecule has 0 fully saturated rings. The highest BCUT2D eigenvalue weighted by atomic mass is 17.1. The Morgan fingerprint density at radius 2 is 1.43 bits per heavy atom. The van der Waals surface area contributed by atoms with E-state index < -0.39 is 0 Å². The second-order valence-electron chi connectivity index (χ2n) is 2.95. The molecular formula is C12H9O2. The van der Waals surface area contributed by atoms with Crippen molar-refractivity contribution in [3.63, 3.8) is 0 Å². The largest absolute Gasteiger partial charge is 0.305 e. The van der Waals surface area contributed by atoms with Gasteiger partial charge in [-0.3, -0.25) is 0 Å². The summed E-state index contributed by atoms with van der Waals surface area (Å²) in [6.07, 6.45) is 0. The molecule has 0 saturated heterocycles. The van der Waals surface area contributed by atoms with Crippen LogP contribution in [0.5, 0.6) is 5.75 Å². The summed E-state index contributed by atoms with van der Waals surface area (Å²) in [6, 6.07) is 16.9. The normalized spacial score (nSPS) is 9.79. The van der Waals surface area contributed by atoms with Gasteiger partial charge in [0, 0.05) is 10.8 Å². The molecule has 0 spiro atoms. The summed E-state index contributed by atoms with van der Waals surface area (Å²) in [6.45, 7) is 0. The van der Waals surface area contributed by atoms with Crippen LogP contribution in [0.1, 0.15) is 0 Å². The van der Waals surface area contributed by atoms with E-state index in [0.29, 0.717) is 5.75 Å². The highest BCUT2D eigenvalue weighted by Crippen LogP contribution is 2.28. The van der Waals surface area contributed by atoms with Crippen LogP contribution in [0.2, 0.25) is 0 Å². The molecule has 2 aromatic carbocycles. The minimum atomic E-state index is 0.360. The van der Waals surface area contributed by atoms with Crippen molar-refractivity contribution in [3.8, 4) is 16.9 Å². The number of rotatable bonds is 2. The fourth-order valence-corrected chi connectivity index (χ4v) is 1.40. The average molecular weight is 185 g/mol. The Balaban J connectivity index is 2.51. The standard InChI is InChI=1S/C12H9O2/c13-14-12-9-5-4-8-11(12)10-6-2-1-3-7-10/h1-9H. The van der Waals surface area contributed by atoms with E-state index in [1.807, 2.05) is 42.5 Å². The van der Waals surface area contributed by atoms with E-state index in [4.69, 9.17) is 0 Å². The van der Waals surface area contributed by atoms with E-state index in [1.165, 1.54) is 0 Å². The molecule has 2 rings (SSSR count). The molecular weight excluding hydrogens is 176 g/mol. The maximum Gasteiger partial charge on any atom is 0.176 e. The SMILES string of the molecule is [O]Oc1ccccc1-c1ccccc1. The summed E-state index contributed by atoms with van der Waals surface area (Å²) in [5.41, 5.74) is 1.81. The molecule has 1 radical (unpaired) electrons. The molecule has 0 heterocycles. The van der Waals surface area contributed by atoms with Crippen LogP contribution < -0.4 is 4.89 Å². The Hall–Kier alpha value is -1.80. The van der Waals surface area contributed by atoms with Crippen molar-refractivity contribution in [1.29, 1.82) is 0 Å². The van der Waals surface area contributed by atoms with Gasteiger partial charge in [0.25, 0.3) is 0 Å². The minimum Gasteiger partial charge on any atom is -0.305 e. The van der Waals surface area contributed by atoms with Gasteiger partial charge in [0.2, 0.25) is 0 Å². The Morgan fingerprint density at radius 3 is 2.14 bits per heavy atom. The van der Waals surface area contributed by atoms with Gasteiger partial charge in [0.15, 0.2) is 5.75 Å². The molecule has 0 saturated carbocycles. The smallest absolute Gasteiger partial charge is 0.176 e. The van der Waals surface area contributed by atoms with Crippen LogP contribution in [0, 0.1) is 0 Å². The van der Waals surface area contributed by atoms with Gasteiger partial charge in [0.1, 0.15) is 0 Å². The summed E-state index contributed by atoms with van der Waals surface area (Å²) < 4.78 is 0. The Morgan fingerprint density at radius 1 is 0.786 bits per heavy atom. The van der Waals surface area contributed by atoms with Crippen LogP contribution in [0.4, 0.5) is 0 Å². The monoisotopic (exact) mass is 185 g/mol. The van der Waals surface area contributed by atoms with Crippen LogP contribution >= 0.6 is 0 Å². The number of para-hydroxylation sites is 1. The van der Waals surface area contributed by atoms with Crippen LogP contribution in [0.15, 0.2) is 54.6 Å².